The normalized spacial score (nSPS) is 16.2. The first-order chi connectivity index (χ1) is 8.41. The maximum Gasteiger partial charge on any atom is 0.323 e. The van der Waals surface area contributed by atoms with E-state index in [1.165, 1.54) is 11.0 Å². The van der Waals surface area contributed by atoms with Crippen molar-refractivity contribution < 1.29 is 14.7 Å². The molecule has 1 saturated carbocycles. The van der Waals surface area contributed by atoms with Gasteiger partial charge in [-0.1, -0.05) is 19.9 Å². The minimum Gasteiger partial charge on any atom is -0.480 e. The minimum atomic E-state index is -1.02. The van der Waals surface area contributed by atoms with E-state index in [-0.39, 0.29) is 24.5 Å². The first-order valence-corrected chi connectivity index (χ1v) is 6.27. The Bertz CT molecular complexity index is 335. The lowest BCUT2D eigenvalue weighted by Crippen LogP contribution is -2.45. The van der Waals surface area contributed by atoms with Crippen molar-refractivity contribution in [3.63, 3.8) is 0 Å². The molecular formula is C13H22N2O3. The predicted molar refractivity (Wildman–Crippen MR) is 69.3 cm³/mol. The second-order valence-electron chi connectivity index (χ2n) is 5.24. The van der Waals surface area contributed by atoms with Gasteiger partial charge < -0.3 is 15.3 Å². The summed E-state index contributed by atoms with van der Waals surface area (Å²) >= 11 is 0. The highest BCUT2D eigenvalue weighted by Gasteiger charge is 2.45. The van der Waals surface area contributed by atoms with Gasteiger partial charge in [-0.25, -0.2) is 4.79 Å². The SMILES string of the molecule is C=CCN(CC(=O)O)C(=O)NCC1(C(C)C)CC1. The molecule has 5 heteroatoms. The molecule has 1 aliphatic rings. The van der Waals surface area contributed by atoms with Crippen molar-refractivity contribution in [1.82, 2.24) is 10.2 Å². The van der Waals surface area contributed by atoms with Crippen LogP contribution in [0, 0.1) is 11.3 Å². The third kappa shape index (κ3) is 3.75. The lowest BCUT2D eigenvalue weighted by molar-refractivity contribution is -0.137. The molecular weight excluding hydrogens is 232 g/mol. The average Bonchev–Trinajstić information content (AvgIpc) is 3.05. The molecule has 0 saturated heterocycles. The van der Waals surface area contributed by atoms with E-state index in [0.717, 1.165) is 12.8 Å². The standard InChI is InChI=1S/C13H22N2O3/c1-4-7-15(8-11(16)17)12(18)14-9-13(5-6-13)10(2)3/h4,10H,1,5-9H2,2-3H3,(H,14,18)(H,16,17). The summed E-state index contributed by atoms with van der Waals surface area (Å²) in [6, 6.07) is -0.329. The highest BCUT2D eigenvalue weighted by molar-refractivity contribution is 5.80. The fourth-order valence-corrected chi connectivity index (χ4v) is 2.02. The third-order valence-electron chi connectivity index (χ3n) is 3.67. The van der Waals surface area contributed by atoms with Gasteiger partial charge in [0.25, 0.3) is 0 Å². The van der Waals surface area contributed by atoms with E-state index in [1.807, 2.05) is 0 Å². The van der Waals surface area contributed by atoms with Gasteiger partial charge >= 0.3 is 12.0 Å². The van der Waals surface area contributed by atoms with Gasteiger partial charge in [0.2, 0.25) is 0 Å². The van der Waals surface area contributed by atoms with Crippen LogP contribution >= 0.6 is 0 Å². The van der Waals surface area contributed by atoms with E-state index < -0.39 is 5.97 Å². The van der Waals surface area contributed by atoms with Crippen LogP contribution in [-0.4, -0.2) is 41.6 Å². The van der Waals surface area contributed by atoms with Crippen LogP contribution < -0.4 is 5.32 Å². The molecule has 1 rings (SSSR count). The molecule has 5 nitrogen and oxygen atoms in total. The fourth-order valence-electron chi connectivity index (χ4n) is 2.02. The molecule has 1 fully saturated rings. The Morgan fingerprint density at radius 2 is 2.11 bits per heavy atom. The van der Waals surface area contributed by atoms with Gasteiger partial charge in [0, 0.05) is 13.1 Å². The maximum atomic E-state index is 11.9. The highest BCUT2D eigenvalue weighted by atomic mass is 16.4. The molecule has 0 atom stereocenters. The summed E-state index contributed by atoms with van der Waals surface area (Å²) in [4.78, 5) is 23.8. The number of carbonyl (C=O) groups is 2. The lowest BCUT2D eigenvalue weighted by atomic mass is 9.92. The number of carboxylic acid groups (broad SMARTS) is 1. The van der Waals surface area contributed by atoms with Crippen molar-refractivity contribution in [3.8, 4) is 0 Å². The zero-order chi connectivity index (χ0) is 13.8. The van der Waals surface area contributed by atoms with E-state index in [1.54, 1.807) is 0 Å². The zero-order valence-electron chi connectivity index (χ0n) is 11.1. The van der Waals surface area contributed by atoms with Gasteiger partial charge in [0.15, 0.2) is 0 Å². The third-order valence-corrected chi connectivity index (χ3v) is 3.67. The maximum absolute atomic E-state index is 11.9. The second-order valence-corrected chi connectivity index (χ2v) is 5.24. The zero-order valence-corrected chi connectivity index (χ0v) is 11.1. The quantitative estimate of drug-likeness (QED) is 0.679. The molecule has 0 radical (unpaired) electrons. The Kier molecular flexibility index (Phi) is 4.76. The van der Waals surface area contributed by atoms with E-state index >= 15 is 0 Å². The number of carboxylic acids is 1. The van der Waals surface area contributed by atoms with Crippen molar-refractivity contribution in [1.29, 1.82) is 0 Å². The van der Waals surface area contributed by atoms with E-state index in [2.05, 4.69) is 25.7 Å². The van der Waals surface area contributed by atoms with Crippen LogP contribution in [0.2, 0.25) is 0 Å². The summed E-state index contributed by atoms with van der Waals surface area (Å²) < 4.78 is 0. The van der Waals surface area contributed by atoms with E-state index in [0.29, 0.717) is 12.5 Å². The Hall–Kier alpha value is -1.52. The van der Waals surface area contributed by atoms with Crippen LogP contribution in [0.1, 0.15) is 26.7 Å². The predicted octanol–water partition coefficient (Wildman–Crippen LogP) is 1.70. The number of aliphatic carboxylic acids is 1. The molecule has 1 aliphatic carbocycles. The van der Waals surface area contributed by atoms with Crippen molar-refractivity contribution in [2.45, 2.75) is 26.7 Å². The number of nitrogens with one attached hydrogen (secondary N) is 1. The summed E-state index contributed by atoms with van der Waals surface area (Å²) in [6.45, 7) is 8.39. The molecule has 0 spiro atoms. The number of rotatable bonds is 7. The number of nitrogens with zero attached hydrogens (tertiary/aromatic N) is 1. The molecule has 0 aliphatic heterocycles. The van der Waals surface area contributed by atoms with Crippen LogP contribution in [0.3, 0.4) is 0 Å². The lowest BCUT2D eigenvalue weighted by Gasteiger charge is -2.24. The molecule has 0 aromatic heterocycles. The number of carbonyl (C=O) groups excluding carboxylic acids is 1. The van der Waals surface area contributed by atoms with Crippen LogP contribution in [-0.2, 0) is 4.79 Å². The largest absolute Gasteiger partial charge is 0.480 e. The van der Waals surface area contributed by atoms with Crippen LogP contribution in [0.25, 0.3) is 0 Å². The highest BCUT2D eigenvalue weighted by Crippen LogP contribution is 2.51. The first-order valence-electron chi connectivity index (χ1n) is 6.27. The summed E-state index contributed by atoms with van der Waals surface area (Å²) in [5, 5.41) is 11.6. The van der Waals surface area contributed by atoms with Crippen molar-refractivity contribution in [2.24, 2.45) is 11.3 Å². The number of urea groups is 1. The average molecular weight is 254 g/mol. The molecule has 102 valence electrons. The monoisotopic (exact) mass is 254 g/mol. The molecule has 0 aromatic rings. The Morgan fingerprint density at radius 3 is 2.50 bits per heavy atom. The Labute approximate surface area is 108 Å². The minimum absolute atomic E-state index is 0.221. The van der Waals surface area contributed by atoms with Gasteiger partial charge in [0.1, 0.15) is 6.54 Å². The Balaban J connectivity index is 2.46. The smallest absolute Gasteiger partial charge is 0.323 e. The first kappa shape index (κ1) is 14.5. The Morgan fingerprint density at radius 1 is 1.50 bits per heavy atom. The van der Waals surface area contributed by atoms with Crippen molar-refractivity contribution in [2.75, 3.05) is 19.6 Å². The van der Waals surface area contributed by atoms with Gasteiger partial charge in [-0.2, -0.15) is 0 Å². The van der Waals surface area contributed by atoms with Gasteiger partial charge in [-0.3, -0.25) is 4.79 Å². The molecule has 0 unspecified atom stereocenters. The molecule has 2 N–H and O–H groups in total. The van der Waals surface area contributed by atoms with Crippen molar-refractivity contribution in [3.05, 3.63) is 12.7 Å². The number of amides is 2. The summed E-state index contributed by atoms with van der Waals surface area (Å²) in [6.07, 6.45) is 3.79. The van der Waals surface area contributed by atoms with Gasteiger partial charge in [-0.05, 0) is 24.2 Å². The van der Waals surface area contributed by atoms with Crippen molar-refractivity contribution >= 4 is 12.0 Å². The van der Waals surface area contributed by atoms with E-state index in [9.17, 15) is 9.59 Å². The second kappa shape index (κ2) is 5.89. The summed E-state index contributed by atoms with van der Waals surface area (Å²) in [7, 11) is 0. The topological polar surface area (TPSA) is 69.6 Å². The van der Waals surface area contributed by atoms with Crippen LogP contribution in [0.5, 0.6) is 0 Å². The summed E-state index contributed by atoms with van der Waals surface area (Å²) in [5.41, 5.74) is 0.221. The molecule has 0 bridgehead atoms. The van der Waals surface area contributed by atoms with Crippen LogP contribution in [0.4, 0.5) is 4.79 Å². The molecule has 2 amide bonds. The number of hydrogen-bond acceptors (Lipinski definition) is 2. The summed E-state index contributed by atoms with van der Waals surface area (Å²) in [5.74, 6) is -0.484. The van der Waals surface area contributed by atoms with Gasteiger partial charge in [-0.15, -0.1) is 6.58 Å². The fraction of sp³-hybridized carbons (Fsp3) is 0.692. The number of hydrogen-bond donors (Lipinski definition) is 2. The molecule has 0 aromatic carbocycles. The molecule has 18 heavy (non-hydrogen) atoms. The van der Waals surface area contributed by atoms with Gasteiger partial charge in [0.05, 0.1) is 0 Å². The van der Waals surface area contributed by atoms with E-state index in [4.69, 9.17) is 5.11 Å². The van der Waals surface area contributed by atoms with Crippen LogP contribution in [0.15, 0.2) is 12.7 Å². The molecule has 0 heterocycles.